The molecule has 3 aromatic carbocycles. The first kappa shape index (κ1) is 20.5. The number of nitrogens with one attached hydrogen (secondary N) is 1. The van der Waals surface area contributed by atoms with Gasteiger partial charge in [0.1, 0.15) is 11.4 Å². The van der Waals surface area contributed by atoms with Crippen LogP contribution in [0.25, 0.3) is 33.8 Å². The highest BCUT2D eigenvalue weighted by Gasteiger charge is 2.23. The van der Waals surface area contributed by atoms with Crippen molar-refractivity contribution in [3.63, 3.8) is 0 Å². The van der Waals surface area contributed by atoms with Crippen LogP contribution in [0.5, 0.6) is 5.75 Å². The van der Waals surface area contributed by atoms with Crippen molar-refractivity contribution in [1.29, 1.82) is 0 Å². The topological polar surface area (TPSA) is 72.8 Å². The third kappa shape index (κ3) is 4.19. The van der Waals surface area contributed by atoms with E-state index in [1.165, 1.54) is 6.07 Å². The highest BCUT2D eigenvalue weighted by molar-refractivity contribution is 5.90. The van der Waals surface area contributed by atoms with Crippen LogP contribution in [0.1, 0.15) is 5.56 Å². The number of hydrogen-bond acceptors (Lipinski definition) is 4. The molecule has 2 aromatic heterocycles. The van der Waals surface area contributed by atoms with Gasteiger partial charge in [-0.25, -0.2) is 5.10 Å². The fourth-order valence-corrected chi connectivity index (χ4v) is 3.89. The average molecular weight is 434 g/mol. The molecule has 0 aliphatic carbocycles. The van der Waals surface area contributed by atoms with Crippen LogP contribution < -0.4 is 10.3 Å². The smallest absolute Gasteiger partial charge is 0.264 e. The minimum Gasteiger partial charge on any atom is -0.497 e. The van der Waals surface area contributed by atoms with Gasteiger partial charge in [-0.2, -0.15) is 10.2 Å². The Kier molecular flexibility index (Phi) is 5.55. The summed E-state index contributed by atoms with van der Waals surface area (Å²) in [4.78, 5) is 11.7. The molecule has 2 heterocycles. The summed E-state index contributed by atoms with van der Waals surface area (Å²) < 4.78 is 7.30. The number of benzene rings is 3. The van der Waals surface area contributed by atoms with Gasteiger partial charge in [0.15, 0.2) is 0 Å². The molecule has 5 aromatic rings. The third-order valence-corrected chi connectivity index (χ3v) is 5.47. The molecule has 0 unspecified atom stereocenters. The predicted octanol–water partition coefficient (Wildman–Crippen LogP) is 5.02. The first-order valence-electron chi connectivity index (χ1n) is 10.6. The molecule has 33 heavy (non-hydrogen) atoms. The zero-order valence-corrected chi connectivity index (χ0v) is 18.1. The van der Waals surface area contributed by atoms with Crippen molar-refractivity contribution in [3.05, 3.63) is 113 Å². The van der Waals surface area contributed by atoms with Gasteiger partial charge in [0.05, 0.1) is 30.6 Å². The molecule has 0 atom stereocenters. The Labute approximate surface area is 191 Å². The lowest BCUT2D eigenvalue weighted by Crippen LogP contribution is -2.06. The Bertz CT molecular complexity index is 1400. The number of aromatic amines is 1. The maximum Gasteiger partial charge on any atom is 0.264 e. The summed E-state index contributed by atoms with van der Waals surface area (Å²) in [7, 11) is 1.66. The molecule has 0 saturated heterocycles. The highest BCUT2D eigenvalue weighted by atomic mass is 16.5. The van der Waals surface area contributed by atoms with Gasteiger partial charge in [-0.1, -0.05) is 72.8 Å². The minimum absolute atomic E-state index is 0.244. The quantitative estimate of drug-likeness (QED) is 0.407. The van der Waals surface area contributed by atoms with Crippen LogP contribution in [-0.4, -0.2) is 27.1 Å². The Morgan fingerprint density at radius 1 is 0.818 bits per heavy atom. The molecular weight excluding hydrogens is 412 g/mol. The molecule has 1 N–H and O–H groups in total. The summed E-state index contributed by atoms with van der Waals surface area (Å²) in [6.07, 6.45) is 0. The molecule has 0 amide bonds. The van der Waals surface area contributed by atoms with E-state index in [-0.39, 0.29) is 5.56 Å². The van der Waals surface area contributed by atoms with Gasteiger partial charge in [0, 0.05) is 17.2 Å². The molecule has 6 nitrogen and oxygen atoms in total. The molecule has 0 bridgehead atoms. The van der Waals surface area contributed by atoms with Gasteiger partial charge >= 0.3 is 0 Å². The fourth-order valence-electron chi connectivity index (χ4n) is 3.89. The van der Waals surface area contributed by atoms with Crippen LogP contribution in [0.3, 0.4) is 0 Å². The number of H-pyrrole nitrogens is 1. The van der Waals surface area contributed by atoms with Gasteiger partial charge in [-0.05, 0) is 23.8 Å². The van der Waals surface area contributed by atoms with Crippen LogP contribution in [0, 0.1) is 0 Å². The van der Waals surface area contributed by atoms with E-state index in [0.717, 1.165) is 39.4 Å². The second kappa shape index (κ2) is 8.96. The van der Waals surface area contributed by atoms with Crippen LogP contribution in [0.4, 0.5) is 0 Å². The summed E-state index contributed by atoms with van der Waals surface area (Å²) in [5.41, 5.74) is 6.12. The molecule has 0 fully saturated rings. The molecule has 0 saturated carbocycles. The van der Waals surface area contributed by atoms with E-state index in [1.807, 2.05) is 77.5 Å². The highest BCUT2D eigenvalue weighted by Crippen LogP contribution is 2.39. The molecular formula is C27H22N4O2. The van der Waals surface area contributed by atoms with Crippen LogP contribution in [0.2, 0.25) is 0 Å². The summed E-state index contributed by atoms with van der Waals surface area (Å²) in [5, 5.41) is 12.0. The van der Waals surface area contributed by atoms with E-state index < -0.39 is 0 Å². The number of nitrogens with zero attached hydrogens (tertiary/aromatic N) is 3. The third-order valence-electron chi connectivity index (χ3n) is 5.47. The SMILES string of the molecule is COc1ccc(Cn2nc(-c3ccccc3)c(-c3ccc(=O)[nH]n3)c2-c2ccccc2)cc1. The van der Waals surface area contributed by atoms with Crippen molar-refractivity contribution >= 4 is 0 Å². The van der Waals surface area contributed by atoms with Crippen molar-refractivity contribution in [2.24, 2.45) is 0 Å². The fraction of sp³-hybridized carbons (Fsp3) is 0.0741. The summed E-state index contributed by atoms with van der Waals surface area (Å²) in [6.45, 7) is 0.567. The monoisotopic (exact) mass is 434 g/mol. The largest absolute Gasteiger partial charge is 0.497 e. The molecule has 5 rings (SSSR count). The van der Waals surface area contributed by atoms with E-state index in [1.54, 1.807) is 13.2 Å². The van der Waals surface area contributed by atoms with Crippen LogP contribution in [-0.2, 0) is 6.54 Å². The predicted molar refractivity (Wildman–Crippen MR) is 129 cm³/mol. The Morgan fingerprint density at radius 3 is 2.09 bits per heavy atom. The molecule has 0 aliphatic rings. The van der Waals surface area contributed by atoms with Crippen LogP contribution >= 0.6 is 0 Å². The van der Waals surface area contributed by atoms with E-state index in [9.17, 15) is 4.79 Å². The van der Waals surface area contributed by atoms with Crippen molar-refractivity contribution < 1.29 is 4.74 Å². The molecule has 0 radical (unpaired) electrons. The summed E-state index contributed by atoms with van der Waals surface area (Å²) in [6, 6.07) is 31.4. The summed E-state index contributed by atoms with van der Waals surface area (Å²) in [5.74, 6) is 0.811. The van der Waals surface area contributed by atoms with Gasteiger partial charge in [-0.3, -0.25) is 9.48 Å². The zero-order valence-electron chi connectivity index (χ0n) is 18.1. The van der Waals surface area contributed by atoms with E-state index in [4.69, 9.17) is 9.84 Å². The van der Waals surface area contributed by atoms with Crippen molar-refractivity contribution in [2.75, 3.05) is 7.11 Å². The lowest BCUT2D eigenvalue weighted by atomic mass is 9.99. The zero-order chi connectivity index (χ0) is 22.6. The van der Waals surface area contributed by atoms with Gasteiger partial charge < -0.3 is 4.74 Å². The number of hydrogen-bond donors (Lipinski definition) is 1. The maximum absolute atomic E-state index is 11.7. The van der Waals surface area contributed by atoms with Gasteiger partial charge in [0.2, 0.25) is 0 Å². The van der Waals surface area contributed by atoms with Crippen molar-refractivity contribution in [1.82, 2.24) is 20.0 Å². The Morgan fingerprint density at radius 2 is 1.48 bits per heavy atom. The second-order valence-electron chi connectivity index (χ2n) is 7.62. The number of rotatable bonds is 6. The van der Waals surface area contributed by atoms with E-state index >= 15 is 0 Å². The standard InChI is InChI=1S/C27H22N4O2/c1-33-22-14-12-19(13-15-22)18-31-27(21-10-6-3-7-11-21)25(23-16-17-24(32)29-28-23)26(30-31)20-8-4-2-5-9-20/h2-17H,18H2,1H3,(H,29,32). The Balaban J connectivity index is 1.75. The van der Waals surface area contributed by atoms with Gasteiger partial charge in [-0.15, -0.1) is 0 Å². The van der Waals surface area contributed by atoms with E-state index in [2.05, 4.69) is 22.3 Å². The first-order valence-corrected chi connectivity index (χ1v) is 10.6. The maximum atomic E-state index is 11.7. The van der Waals surface area contributed by atoms with Crippen molar-refractivity contribution in [2.45, 2.75) is 6.54 Å². The van der Waals surface area contributed by atoms with E-state index in [0.29, 0.717) is 12.2 Å². The molecule has 6 heteroatoms. The Hall–Kier alpha value is -4.45. The second-order valence-corrected chi connectivity index (χ2v) is 7.62. The molecule has 162 valence electrons. The lowest BCUT2D eigenvalue weighted by Gasteiger charge is -2.11. The molecule has 0 aliphatic heterocycles. The van der Waals surface area contributed by atoms with Crippen molar-refractivity contribution in [3.8, 4) is 39.5 Å². The number of ether oxygens (including phenoxy) is 1. The lowest BCUT2D eigenvalue weighted by molar-refractivity contribution is 0.414. The minimum atomic E-state index is -0.244. The first-order chi connectivity index (χ1) is 16.2. The molecule has 0 spiro atoms. The van der Waals surface area contributed by atoms with Crippen LogP contribution in [0.15, 0.2) is 102 Å². The van der Waals surface area contributed by atoms with Gasteiger partial charge in [0.25, 0.3) is 5.56 Å². The number of aromatic nitrogens is 4. The number of methoxy groups -OCH3 is 1. The normalized spacial score (nSPS) is 10.8. The summed E-state index contributed by atoms with van der Waals surface area (Å²) >= 11 is 0. The average Bonchev–Trinajstić information content (AvgIpc) is 3.25.